The number of likely N-dealkylation sites (N-methyl/N-ethyl adjacent to an activating group) is 2. The predicted octanol–water partition coefficient (Wildman–Crippen LogP) is 3.13. The molecule has 6 nitrogen and oxygen atoms in total. The van der Waals surface area contributed by atoms with E-state index in [1.165, 1.54) is 21.3 Å². The van der Waals surface area contributed by atoms with Crippen LogP contribution in [-0.4, -0.2) is 50.8 Å². The van der Waals surface area contributed by atoms with Gasteiger partial charge in [0, 0.05) is 24.6 Å². The smallest absolute Gasteiger partial charge is 0.243 e. The van der Waals surface area contributed by atoms with E-state index < -0.39 is 10.0 Å². The van der Waals surface area contributed by atoms with Gasteiger partial charge in [0.15, 0.2) is 0 Å². The van der Waals surface area contributed by atoms with E-state index in [1.807, 2.05) is 24.3 Å². The maximum Gasteiger partial charge on any atom is 0.243 e. The summed E-state index contributed by atoms with van der Waals surface area (Å²) < 4.78 is 32.7. The number of rotatable bonds is 8. The van der Waals surface area contributed by atoms with Crippen molar-refractivity contribution in [1.82, 2.24) is 9.21 Å². The highest BCUT2D eigenvalue weighted by Gasteiger charge is 2.26. The molecule has 2 rings (SSSR count). The molecule has 2 aromatic rings. The summed E-state index contributed by atoms with van der Waals surface area (Å²) in [7, 11) is -0.477. The summed E-state index contributed by atoms with van der Waals surface area (Å²) in [4.78, 5) is 14.2. The van der Waals surface area contributed by atoms with Crippen LogP contribution in [0.4, 0.5) is 0 Å². The van der Waals surface area contributed by atoms with Crippen molar-refractivity contribution in [3.8, 4) is 5.75 Å². The number of amides is 1. The first kappa shape index (κ1) is 21.4. The summed E-state index contributed by atoms with van der Waals surface area (Å²) in [6.07, 6.45) is 0. The lowest BCUT2D eigenvalue weighted by atomic mass is 10.2. The fraction of sp³-hybridized carbons (Fsp3) is 0.316. The van der Waals surface area contributed by atoms with Gasteiger partial charge in [-0.2, -0.15) is 4.31 Å². The first-order chi connectivity index (χ1) is 12.8. The Hall–Kier alpha value is -1.90. The Kier molecular flexibility index (Phi) is 7.41. The molecule has 146 valence electrons. The molecule has 0 aliphatic heterocycles. The summed E-state index contributed by atoms with van der Waals surface area (Å²) in [5, 5.41) is 0. The van der Waals surface area contributed by atoms with Gasteiger partial charge in [-0.3, -0.25) is 4.79 Å². The molecule has 0 heterocycles. The zero-order valence-corrected chi connectivity index (χ0v) is 18.0. The van der Waals surface area contributed by atoms with E-state index in [2.05, 4.69) is 15.9 Å². The topological polar surface area (TPSA) is 66.9 Å². The minimum Gasteiger partial charge on any atom is -0.497 e. The standard InChI is InChI=1S/C19H23BrN2O4S/c1-4-22(27(24,25)18-11-7-16(20)8-12-18)14-19(23)21(2)13-15-5-9-17(26-3)10-6-15/h5-12H,4,13-14H2,1-3H3. The van der Waals surface area contributed by atoms with Gasteiger partial charge in [0.1, 0.15) is 5.75 Å². The average Bonchev–Trinajstić information content (AvgIpc) is 2.66. The summed E-state index contributed by atoms with van der Waals surface area (Å²) in [6.45, 7) is 2.11. The molecule has 2 aromatic carbocycles. The Bertz CT molecular complexity index is 868. The van der Waals surface area contributed by atoms with Gasteiger partial charge in [0.2, 0.25) is 15.9 Å². The number of carbonyl (C=O) groups excluding carboxylic acids is 1. The first-order valence-electron chi connectivity index (χ1n) is 8.40. The zero-order valence-electron chi connectivity index (χ0n) is 15.6. The molecule has 0 atom stereocenters. The van der Waals surface area contributed by atoms with Crippen LogP contribution >= 0.6 is 15.9 Å². The summed E-state index contributed by atoms with van der Waals surface area (Å²) in [5.74, 6) is 0.471. The van der Waals surface area contributed by atoms with Crippen molar-refractivity contribution >= 4 is 31.9 Å². The molecule has 8 heteroatoms. The lowest BCUT2D eigenvalue weighted by molar-refractivity contribution is -0.130. The molecular weight excluding hydrogens is 432 g/mol. The number of methoxy groups -OCH3 is 1. The highest BCUT2D eigenvalue weighted by Crippen LogP contribution is 2.19. The van der Waals surface area contributed by atoms with Gasteiger partial charge in [-0.05, 0) is 42.0 Å². The van der Waals surface area contributed by atoms with Crippen LogP contribution < -0.4 is 4.74 Å². The van der Waals surface area contributed by atoms with Crippen molar-refractivity contribution in [3.63, 3.8) is 0 Å². The fourth-order valence-corrected chi connectivity index (χ4v) is 4.15. The maximum atomic E-state index is 12.8. The molecule has 0 unspecified atom stereocenters. The number of ether oxygens (including phenoxy) is 1. The molecule has 0 bridgehead atoms. The molecule has 0 spiro atoms. The second-order valence-corrected chi connectivity index (χ2v) is 8.84. The number of halogens is 1. The third-order valence-corrected chi connectivity index (χ3v) is 6.58. The van der Waals surface area contributed by atoms with Crippen molar-refractivity contribution in [3.05, 3.63) is 58.6 Å². The van der Waals surface area contributed by atoms with E-state index >= 15 is 0 Å². The molecule has 0 aliphatic carbocycles. The molecule has 27 heavy (non-hydrogen) atoms. The van der Waals surface area contributed by atoms with Crippen LogP contribution in [0.2, 0.25) is 0 Å². The van der Waals surface area contributed by atoms with Gasteiger partial charge in [0.05, 0.1) is 18.6 Å². The molecule has 0 saturated heterocycles. The minimum atomic E-state index is -3.73. The van der Waals surface area contributed by atoms with Crippen LogP contribution in [0.5, 0.6) is 5.75 Å². The largest absolute Gasteiger partial charge is 0.497 e. The number of hydrogen-bond acceptors (Lipinski definition) is 4. The first-order valence-corrected chi connectivity index (χ1v) is 10.6. The molecule has 0 saturated carbocycles. The molecular formula is C19H23BrN2O4S. The summed E-state index contributed by atoms with van der Waals surface area (Å²) in [5.41, 5.74) is 0.936. The Morgan fingerprint density at radius 2 is 1.67 bits per heavy atom. The highest BCUT2D eigenvalue weighted by atomic mass is 79.9. The van der Waals surface area contributed by atoms with Crippen LogP contribution in [0.25, 0.3) is 0 Å². The van der Waals surface area contributed by atoms with Crippen LogP contribution in [0, 0.1) is 0 Å². The average molecular weight is 455 g/mol. The number of hydrogen-bond donors (Lipinski definition) is 0. The van der Waals surface area contributed by atoms with E-state index in [9.17, 15) is 13.2 Å². The van der Waals surface area contributed by atoms with Crippen molar-refractivity contribution < 1.29 is 17.9 Å². The Balaban J connectivity index is 2.07. The van der Waals surface area contributed by atoms with Crippen molar-refractivity contribution in [2.75, 3.05) is 27.2 Å². The van der Waals surface area contributed by atoms with Crippen molar-refractivity contribution in [2.24, 2.45) is 0 Å². The van der Waals surface area contributed by atoms with Gasteiger partial charge < -0.3 is 9.64 Å². The zero-order chi connectivity index (χ0) is 20.0. The molecule has 0 aliphatic rings. The second-order valence-electron chi connectivity index (χ2n) is 5.98. The van der Waals surface area contributed by atoms with Gasteiger partial charge in [-0.1, -0.05) is 35.0 Å². The number of sulfonamides is 1. The number of carbonyl (C=O) groups is 1. The van der Waals surface area contributed by atoms with E-state index in [4.69, 9.17) is 4.74 Å². The summed E-state index contributed by atoms with van der Waals surface area (Å²) >= 11 is 3.29. The lowest BCUT2D eigenvalue weighted by Gasteiger charge is -2.24. The minimum absolute atomic E-state index is 0.165. The van der Waals surface area contributed by atoms with Crippen molar-refractivity contribution in [2.45, 2.75) is 18.4 Å². The van der Waals surface area contributed by atoms with Gasteiger partial charge in [-0.25, -0.2) is 8.42 Å². The van der Waals surface area contributed by atoms with E-state index in [-0.39, 0.29) is 23.9 Å². The molecule has 0 fully saturated rings. The number of nitrogens with zero attached hydrogens (tertiary/aromatic N) is 2. The van der Waals surface area contributed by atoms with Gasteiger partial charge in [0.25, 0.3) is 0 Å². The Labute approximate surface area is 168 Å². The predicted molar refractivity (Wildman–Crippen MR) is 108 cm³/mol. The SMILES string of the molecule is CCN(CC(=O)N(C)Cc1ccc(OC)cc1)S(=O)(=O)c1ccc(Br)cc1. The Morgan fingerprint density at radius 1 is 1.07 bits per heavy atom. The molecule has 0 aromatic heterocycles. The molecule has 0 N–H and O–H groups in total. The second kappa shape index (κ2) is 9.34. The monoisotopic (exact) mass is 454 g/mol. The van der Waals surface area contributed by atoms with Crippen LogP contribution in [-0.2, 0) is 21.4 Å². The Morgan fingerprint density at radius 3 is 2.19 bits per heavy atom. The lowest BCUT2D eigenvalue weighted by Crippen LogP contribution is -2.41. The number of benzene rings is 2. The van der Waals surface area contributed by atoms with Gasteiger partial charge in [-0.15, -0.1) is 0 Å². The third kappa shape index (κ3) is 5.54. The van der Waals surface area contributed by atoms with E-state index in [1.54, 1.807) is 33.2 Å². The molecule has 1 amide bonds. The van der Waals surface area contributed by atoms with Crippen molar-refractivity contribution in [1.29, 1.82) is 0 Å². The maximum absolute atomic E-state index is 12.8. The molecule has 0 radical (unpaired) electrons. The highest BCUT2D eigenvalue weighted by molar-refractivity contribution is 9.10. The van der Waals surface area contributed by atoms with E-state index in [0.29, 0.717) is 6.54 Å². The van der Waals surface area contributed by atoms with Crippen LogP contribution in [0.15, 0.2) is 57.9 Å². The van der Waals surface area contributed by atoms with Crippen LogP contribution in [0.1, 0.15) is 12.5 Å². The summed E-state index contributed by atoms with van der Waals surface area (Å²) in [6, 6.07) is 13.8. The quantitative estimate of drug-likeness (QED) is 0.614. The van der Waals surface area contributed by atoms with Crippen LogP contribution in [0.3, 0.4) is 0 Å². The normalized spacial score (nSPS) is 11.4. The fourth-order valence-electron chi connectivity index (χ4n) is 2.49. The van der Waals surface area contributed by atoms with Gasteiger partial charge >= 0.3 is 0 Å². The third-order valence-electron chi connectivity index (χ3n) is 4.12. The van der Waals surface area contributed by atoms with E-state index in [0.717, 1.165) is 15.8 Å².